The summed E-state index contributed by atoms with van der Waals surface area (Å²) < 4.78 is 10.5. The quantitative estimate of drug-likeness (QED) is 0.639. The molecule has 1 amide bonds. The van der Waals surface area contributed by atoms with Crippen molar-refractivity contribution in [3.63, 3.8) is 0 Å². The molecule has 1 heterocycles. The Morgan fingerprint density at radius 2 is 1.75 bits per heavy atom. The molecule has 1 aliphatic heterocycles. The number of carbonyl (C=O) groups excluding carboxylic acids is 2. The Bertz CT molecular complexity index is 950. The van der Waals surface area contributed by atoms with E-state index in [0.717, 1.165) is 11.1 Å². The number of hydrogen-bond acceptors (Lipinski definition) is 5. The van der Waals surface area contributed by atoms with E-state index in [1.54, 1.807) is 30.3 Å². The van der Waals surface area contributed by atoms with Crippen molar-refractivity contribution in [2.75, 3.05) is 6.61 Å². The van der Waals surface area contributed by atoms with Gasteiger partial charge in [-0.15, -0.1) is 0 Å². The van der Waals surface area contributed by atoms with Gasteiger partial charge in [0.25, 0.3) is 5.91 Å². The van der Waals surface area contributed by atoms with Crippen molar-refractivity contribution in [2.24, 2.45) is 10.7 Å². The zero-order valence-electron chi connectivity index (χ0n) is 16.1. The number of ether oxygens (including phenoxy) is 2. The van der Waals surface area contributed by atoms with Crippen LogP contribution in [0.4, 0.5) is 0 Å². The number of hydrogen-bond donors (Lipinski definition) is 1. The number of primary amides is 1. The van der Waals surface area contributed by atoms with E-state index in [0.29, 0.717) is 5.75 Å². The van der Waals surface area contributed by atoms with Crippen LogP contribution in [0.3, 0.4) is 0 Å². The number of nitrogens with zero attached hydrogens (tertiary/aromatic N) is 1. The van der Waals surface area contributed by atoms with Gasteiger partial charge in [-0.1, -0.05) is 45.0 Å². The molecular weight excluding hydrogens is 356 g/mol. The van der Waals surface area contributed by atoms with Crippen molar-refractivity contribution < 1.29 is 19.1 Å². The molecule has 0 spiro atoms. The molecule has 2 aromatic rings. The summed E-state index contributed by atoms with van der Waals surface area (Å²) in [5.41, 5.74) is 8.01. The maximum absolute atomic E-state index is 12.2. The van der Waals surface area contributed by atoms with Crippen LogP contribution in [0.25, 0.3) is 6.08 Å². The monoisotopic (exact) mass is 378 g/mol. The van der Waals surface area contributed by atoms with Crippen molar-refractivity contribution in [3.05, 3.63) is 70.9 Å². The van der Waals surface area contributed by atoms with Crippen molar-refractivity contribution in [2.45, 2.75) is 26.2 Å². The average molecular weight is 378 g/mol. The van der Waals surface area contributed by atoms with E-state index in [2.05, 4.69) is 25.8 Å². The molecule has 144 valence electrons. The molecule has 2 aromatic carbocycles. The van der Waals surface area contributed by atoms with E-state index in [-0.39, 0.29) is 23.6 Å². The Morgan fingerprint density at radius 1 is 1.11 bits per heavy atom. The molecule has 0 unspecified atom stereocenters. The van der Waals surface area contributed by atoms with E-state index in [1.165, 1.54) is 5.56 Å². The maximum Gasteiger partial charge on any atom is 0.363 e. The van der Waals surface area contributed by atoms with Crippen LogP contribution in [0.1, 0.15) is 37.5 Å². The topological polar surface area (TPSA) is 91.0 Å². The number of amides is 1. The summed E-state index contributed by atoms with van der Waals surface area (Å²) >= 11 is 0. The fourth-order valence-corrected chi connectivity index (χ4v) is 2.62. The smallest absolute Gasteiger partial charge is 0.363 e. The van der Waals surface area contributed by atoms with Crippen LogP contribution in [0, 0.1) is 0 Å². The second-order valence-electron chi connectivity index (χ2n) is 7.49. The maximum atomic E-state index is 12.2. The standard InChI is InChI=1S/C22H22N2O4/c1-22(2,3)16-8-6-15(7-9-16)20-24-18(21(26)28-20)12-14-4-10-17(11-5-14)27-13-19(23)25/h4-12H,13H2,1-3H3,(H2,23,25)/b18-12+. The fraction of sp³-hybridized carbons (Fsp3) is 0.227. The summed E-state index contributed by atoms with van der Waals surface area (Å²) in [5, 5.41) is 0. The molecule has 0 bridgehead atoms. The highest BCUT2D eigenvalue weighted by Gasteiger charge is 2.24. The Morgan fingerprint density at radius 3 is 2.32 bits per heavy atom. The third kappa shape index (κ3) is 4.65. The van der Waals surface area contributed by atoms with Gasteiger partial charge in [0.1, 0.15) is 5.75 Å². The highest BCUT2D eigenvalue weighted by molar-refractivity contribution is 6.12. The molecule has 0 atom stereocenters. The Kier molecular flexibility index (Phi) is 5.31. The molecule has 0 aromatic heterocycles. The van der Waals surface area contributed by atoms with Crippen molar-refractivity contribution in [1.29, 1.82) is 0 Å². The normalized spacial score (nSPS) is 15.3. The van der Waals surface area contributed by atoms with Crippen LogP contribution >= 0.6 is 0 Å². The van der Waals surface area contributed by atoms with Crippen LogP contribution in [0.15, 0.2) is 59.2 Å². The number of cyclic esters (lactones) is 1. The first-order valence-electron chi connectivity index (χ1n) is 8.87. The molecule has 1 aliphatic rings. The predicted octanol–water partition coefficient (Wildman–Crippen LogP) is 3.19. The lowest BCUT2D eigenvalue weighted by molar-refractivity contribution is -0.130. The molecule has 0 saturated heterocycles. The molecule has 0 fully saturated rings. The molecular formula is C22H22N2O4. The minimum atomic E-state index is -0.544. The van der Waals surface area contributed by atoms with Gasteiger partial charge < -0.3 is 15.2 Å². The van der Waals surface area contributed by atoms with E-state index in [1.807, 2.05) is 24.3 Å². The number of carbonyl (C=O) groups is 2. The van der Waals surface area contributed by atoms with Gasteiger partial charge in [-0.05, 0) is 46.9 Å². The third-order valence-electron chi connectivity index (χ3n) is 4.18. The minimum absolute atomic E-state index is 0.0467. The van der Waals surface area contributed by atoms with E-state index in [4.69, 9.17) is 15.2 Å². The average Bonchev–Trinajstić information content (AvgIpc) is 3.01. The molecule has 3 rings (SSSR count). The SMILES string of the molecule is CC(C)(C)c1ccc(C2=N/C(=C/c3ccc(OCC(N)=O)cc3)C(=O)O2)cc1. The number of nitrogens with two attached hydrogens (primary N) is 1. The first kappa shape index (κ1) is 19.4. The summed E-state index contributed by atoms with van der Waals surface area (Å²) in [4.78, 5) is 27.2. The molecule has 28 heavy (non-hydrogen) atoms. The highest BCUT2D eigenvalue weighted by Crippen LogP contribution is 2.24. The third-order valence-corrected chi connectivity index (χ3v) is 4.18. The summed E-state index contributed by atoms with van der Waals surface area (Å²) in [6, 6.07) is 14.7. The van der Waals surface area contributed by atoms with Gasteiger partial charge in [-0.2, -0.15) is 0 Å². The molecule has 0 saturated carbocycles. The number of aliphatic imine (C=N–C) groups is 1. The molecule has 0 aliphatic carbocycles. The van der Waals surface area contributed by atoms with Gasteiger partial charge >= 0.3 is 5.97 Å². The van der Waals surface area contributed by atoms with Crippen molar-refractivity contribution in [1.82, 2.24) is 0 Å². The van der Waals surface area contributed by atoms with Crippen molar-refractivity contribution >= 4 is 23.9 Å². The molecule has 6 heteroatoms. The van der Waals surface area contributed by atoms with E-state index in [9.17, 15) is 9.59 Å². The number of benzene rings is 2. The highest BCUT2D eigenvalue weighted by atomic mass is 16.6. The summed E-state index contributed by atoms with van der Waals surface area (Å²) in [6.07, 6.45) is 1.64. The fourth-order valence-electron chi connectivity index (χ4n) is 2.62. The van der Waals surface area contributed by atoms with Gasteiger partial charge in [-0.3, -0.25) is 4.79 Å². The first-order valence-corrected chi connectivity index (χ1v) is 8.87. The number of rotatable bonds is 5. The second kappa shape index (κ2) is 7.68. The summed E-state index contributed by atoms with van der Waals surface area (Å²) in [7, 11) is 0. The lowest BCUT2D eigenvalue weighted by atomic mass is 9.87. The zero-order chi connectivity index (χ0) is 20.3. The predicted molar refractivity (Wildman–Crippen MR) is 107 cm³/mol. The zero-order valence-corrected chi connectivity index (χ0v) is 16.1. The van der Waals surface area contributed by atoms with Crippen molar-refractivity contribution in [3.8, 4) is 5.75 Å². The van der Waals surface area contributed by atoms with Crippen LogP contribution in [-0.4, -0.2) is 24.4 Å². The Labute approximate surface area is 163 Å². The largest absolute Gasteiger partial charge is 0.484 e. The minimum Gasteiger partial charge on any atom is -0.484 e. The van der Waals surface area contributed by atoms with E-state index < -0.39 is 11.9 Å². The lowest BCUT2D eigenvalue weighted by Gasteiger charge is -2.18. The lowest BCUT2D eigenvalue weighted by Crippen LogP contribution is -2.19. The second-order valence-corrected chi connectivity index (χ2v) is 7.49. The number of esters is 1. The van der Waals surface area contributed by atoms with E-state index >= 15 is 0 Å². The van der Waals surface area contributed by atoms with Gasteiger partial charge in [0.2, 0.25) is 5.90 Å². The first-order chi connectivity index (χ1) is 13.2. The van der Waals surface area contributed by atoms with Gasteiger partial charge in [-0.25, -0.2) is 9.79 Å². The Hall–Kier alpha value is -3.41. The van der Waals surface area contributed by atoms with Crippen LogP contribution in [0.5, 0.6) is 5.75 Å². The summed E-state index contributed by atoms with van der Waals surface area (Å²) in [5.74, 6) is -0.238. The Balaban J connectivity index is 1.77. The van der Waals surface area contributed by atoms with Crippen LogP contribution in [-0.2, 0) is 19.7 Å². The molecule has 6 nitrogen and oxygen atoms in total. The molecule has 0 radical (unpaired) electrons. The van der Waals surface area contributed by atoms with Crippen LogP contribution in [0.2, 0.25) is 0 Å². The van der Waals surface area contributed by atoms with Gasteiger partial charge in [0.15, 0.2) is 12.3 Å². The van der Waals surface area contributed by atoms with Gasteiger partial charge in [0, 0.05) is 5.56 Å². The van der Waals surface area contributed by atoms with Crippen LogP contribution < -0.4 is 10.5 Å². The summed E-state index contributed by atoms with van der Waals surface area (Å²) in [6.45, 7) is 6.23. The molecule has 2 N–H and O–H groups in total. The van der Waals surface area contributed by atoms with Gasteiger partial charge in [0.05, 0.1) is 0 Å².